The Balaban J connectivity index is 1.90. The molecule has 1 aliphatic rings. The monoisotopic (exact) mass is 370 g/mol. The van der Waals surface area contributed by atoms with Crippen molar-refractivity contribution in [3.63, 3.8) is 0 Å². The lowest BCUT2D eigenvalue weighted by atomic mass is 9.95. The van der Waals surface area contributed by atoms with Gasteiger partial charge in [-0.1, -0.05) is 19.3 Å². The fourth-order valence-electron chi connectivity index (χ4n) is 3.32. The number of H-pyrrole nitrogens is 1. The van der Waals surface area contributed by atoms with Crippen molar-refractivity contribution in [3.8, 4) is 5.88 Å². The zero-order chi connectivity index (χ0) is 19.4. The van der Waals surface area contributed by atoms with Gasteiger partial charge in [0.25, 0.3) is 5.56 Å². The van der Waals surface area contributed by atoms with Gasteiger partial charge in [0.05, 0.1) is 5.69 Å². The number of hydrogen-bond donors (Lipinski definition) is 3. The third kappa shape index (κ3) is 4.33. The summed E-state index contributed by atoms with van der Waals surface area (Å²) < 4.78 is 1.27. The van der Waals surface area contributed by atoms with Crippen LogP contribution in [-0.4, -0.2) is 26.8 Å². The average Bonchev–Trinajstić information content (AvgIpc) is 2.63. The van der Waals surface area contributed by atoms with E-state index in [1.165, 1.54) is 17.7 Å². The van der Waals surface area contributed by atoms with Crippen molar-refractivity contribution in [2.24, 2.45) is 4.99 Å². The lowest BCUT2D eigenvalue weighted by Gasteiger charge is -2.24. The molecule has 1 fully saturated rings. The molecule has 1 aliphatic carbocycles. The second kappa shape index (κ2) is 8.03. The summed E-state index contributed by atoms with van der Waals surface area (Å²) in [6.45, 7) is 1.42. The normalized spacial score (nSPS) is 15.1. The van der Waals surface area contributed by atoms with Crippen LogP contribution in [0.4, 0.5) is 11.4 Å². The van der Waals surface area contributed by atoms with Crippen molar-refractivity contribution in [2.45, 2.75) is 45.1 Å². The minimum atomic E-state index is -0.678. The Morgan fingerprint density at radius 1 is 1.22 bits per heavy atom. The first-order valence-corrected chi connectivity index (χ1v) is 8.95. The van der Waals surface area contributed by atoms with Gasteiger partial charge in [0, 0.05) is 24.9 Å². The van der Waals surface area contributed by atoms with Gasteiger partial charge in [-0.3, -0.25) is 24.1 Å². The first kappa shape index (κ1) is 18.6. The van der Waals surface area contributed by atoms with Gasteiger partial charge in [-0.25, -0.2) is 4.79 Å². The number of nitrogens with one attached hydrogen (secondary N) is 2. The minimum Gasteiger partial charge on any atom is -0.494 e. The van der Waals surface area contributed by atoms with Crippen LogP contribution in [0, 0.1) is 0 Å². The van der Waals surface area contributed by atoms with E-state index >= 15 is 0 Å². The van der Waals surface area contributed by atoms with Gasteiger partial charge in [-0.15, -0.1) is 0 Å². The number of aromatic nitrogens is 2. The molecule has 1 saturated carbocycles. The summed E-state index contributed by atoms with van der Waals surface area (Å²) in [5, 5.41) is 13.2. The van der Waals surface area contributed by atoms with Crippen molar-refractivity contribution in [3.05, 3.63) is 50.7 Å². The van der Waals surface area contributed by atoms with E-state index in [0.29, 0.717) is 11.4 Å². The van der Waals surface area contributed by atoms with Crippen molar-refractivity contribution in [2.75, 3.05) is 5.32 Å². The Labute approximate surface area is 155 Å². The number of aromatic hydroxyl groups is 1. The van der Waals surface area contributed by atoms with Crippen LogP contribution in [0.1, 0.15) is 50.6 Å². The number of carbonyl (C=O) groups excluding carboxylic acids is 1. The highest BCUT2D eigenvalue weighted by Gasteiger charge is 2.22. The molecule has 0 bridgehead atoms. The van der Waals surface area contributed by atoms with Crippen molar-refractivity contribution < 1.29 is 9.90 Å². The van der Waals surface area contributed by atoms with E-state index in [9.17, 15) is 19.5 Å². The molecular weight excluding hydrogens is 348 g/mol. The van der Waals surface area contributed by atoms with E-state index in [1.807, 2.05) is 0 Å². The number of benzene rings is 1. The smallest absolute Gasteiger partial charge is 0.331 e. The first-order chi connectivity index (χ1) is 13.0. The molecule has 0 saturated heterocycles. The summed E-state index contributed by atoms with van der Waals surface area (Å²) in [5.41, 5.74) is -0.151. The number of amides is 1. The molecule has 0 spiro atoms. The lowest BCUT2D eigenvalue weighted by Crippen LogP contribution is -2.35. The van der Waals surface area contributed by atoms with Crippen LogP contribution in [0.15, 0.2) is 38.8 Å². The molecule has 1 aromatic heterocycles. The van der Waals surface area contributed by atoms with E-state index in [2.05, 4.69) is 15.3 Å². The number of anilines is 1. The van der Waals surface area contributed by atoms with E-state index in [1.54, 1.807) is 24.3 Å². The van der Waals surface area contributed by atoms with Gasteiger partial charge in [-0.2, -0.15) is 0 Å². The Morgan fingerprint density at radius 2 is 1.89 bits per heavy atom. The standard InChI is InChI=1S/C19H22N4O4/c1-12(24)21-14-9-7-13(8-10-14)20-11-16-17(25)22-19(27)23(18(16)26)15-5-3-2-4-6-15/h7-11,15,26H,2-6H2,1H3,(H,21,24)(H,22,25,27). The van der Waals surface area contributed by atoms with Crippen molar-refractivity contribution in [1.29, 1.82) is 0 Å². The van der Waals surface area contributed by atoms with Gasteiger partial charge in [0.1, 0.15) is 5.56 Å². The summed E-state index contributed by atoms with van der Waals surface area (Å²) in [7, 11) is 0. The second-order valence-electron chi connectivity index (χ2n) is 6.64. The molecule has 3 rings (SSSR count). The number of aliphatic imine (C=N–C) groups is 1. The molecular formula is C19H22N4O4. The predicted octanol–water partition coefficient (Wildman–Crippen LogP) is 2.46. The Morgan fingerprint density at radius 3 is 2.52 bits per heavy atom. The molecule has 1 amide bonds. The Bertz CT molecular complexity index is 967. The summed E-state index contributed by atoms with van der Waals surface area (Å²) >= 11 is 0. The van der Waals surface area contributed by atoms with Gasteiger partial charge in [0.2, 0.25) is 11.8 Å². The SMILES string of the molecule is CC(=O)Nc1ccc(N=Cc2c(O)n(C3CCCCC3)c(=O)[nH]c2=O)cc1. The third-order valence-corrected chi connectivity index (χ3v) is 4.62. The van der Waals surface area contributed by atoms with Crippen LogP contribution < -0.4 is 16.6 Å². The lowest BCUT2D eigenvalue weighted by molar-refractivity contribution is -0.114. The predicted molar refractivity (Wildman–Crippen MR) is 103 cm³/mol. The molecule has 2 aromatic rings. The number of aromatic amines is 1. The maximum atomic E-state index is 12.2. The molecule has 8 nitrogen and oxygen atoms in total. The Kier molecular flexibility index (Phi) is 5.54. The van der Waals surface area contributed by atoms with Crippen LogP contribution in [0.3, 0.4) is 0 Å². The highest BCUT2D eigenvalue weighted by molar-refractivity contribution is 5.89. The summed E-state index contributed by atoms with van der Waals surface area (Å²) in [6.07, 6.45) is 5.92. The van der Waals surface area contributed by atoms with Crippen LogP contribution in [0.2, 0.25) is 0 Å². The maximum absolute atomic E-state index is 12.2. The molecule has 0 atom stereocenters. The fourth-order valence-corrected chi connectivity index (χ4v) is 3.32. The van der Waals surface area contributed by atoms with Gasteiger partial charge in [0.15, 0.2) is 0 Å². The largest absolute Gasteiger partial charge is 0.494 e. The topological polar surface area (TPSA) is 117 Å². The molecule has 27 heavy (non-hydrogen) atoms. The molecule has 0 aliphatic heterocycles. The first-order valence-electron chi connectivity index (χ1n) is 8.95. The zero-order valence-corrected chi connectivity index (χ0v) is 15.1. The molecule has 1 heterocycles. The number of rotatable bonds is 4. The summed E-state index contributed by atoms with van der Waals surface area (Å²) in [4.78, 5) is 41.8. The molecule has 0 radical (unpaired) electrons. The van der Waals surface area contributed by atoms with Crippen LogP contribution >= 0.6 is 0 Å². The van der Waals surface area contributed by atoms with Gasteiger partial charge in [-0.05, 0) is 37.1 Å². The van der Waals surface area contributed by atoms with Crippen molar-refractivity contribution >= 4 is 23.5 Å². The number of hydrogen-bond acceptors (Lipinski definition) is 5. The molecule has 3 N–H and O–H groups in total. The highest BCUT2D eigenvalue weighted by Crippen LogP contribution is 2.29. The quantitative estimate of drug-likeness (QED) is 0.717. The van der Waals surface area contributed by atoms with E-state index in [-0.39, 0.29) is 23.4 Å². The fraction of sp³-hybridized carbons (Fsp3) is 0.368. The molecule has 142 valence electrons. The van der Waals surface area contributed by atoms with Crippen molar-refractivity contribution in [1.82, 2.24) is 9.55 Å². The number of carbonyl (C=O) groups is 1. The van der Waals surface area contributed by atoms with Crippen LogP contribution in [-0.2, 0) is 4.79 Å². The molecule has 0 unspecified atom stereocenters. The van der Waals surface area contributed by atoms with E-state index in [0.717, 1.165) is 32.1 Å². The highest BCUT2D eigenvalue weighted by atomic mass is 16.3. The Hall–Kier alpha value is -3.16. The zero-order valence-electron chi connectivity index (χ0n) is 15.1. The number of nitrogens with zero attached hydrogens (tertiary/aromatic N) is 2. The van der Waals surface area contributed by atoms with Crippen LogP contribution in [0.5, 0.6) is 5.88 Å². The van der Waals surface area contributed by atoms with Crippen LogP contribution in [0.25, 0.3) is 0 Å². The minimum absolute atomic E-state index is 0.0499. The summed E-state index contributed by atoms with van der Waals surface area (Å²) in [6, 6.07) is 6.59. The van der Waals surface area contributed by atoms with Gasteiger partial charge >= 0.3 is 5.69 Å². The van der Waals surface area contributed by atoms with Gasteiger partial charge < -0.3 is 10.4 Å². The van der Waals surface area contributed by atoms with E-state index in [4.69, 9.17) is 0 Å². The maximum Gasteiger partial charge on any atom is 0.331 e. The summed E-state index contributed by atoms with van der Waals surface area (Å²) in [5.74, 6) is -0.526. The molecule has 1 aromatic carbocycles. The third-order valence-electron chi connectivity index (χ3n) is 4.62. The second-order valence-corrected chi connectivity index (χ2v) is 6.64. The van der Waals surface area contributed by atoms with E-state index < -0.39 is 11.2 Å². The average molecular weight is 370 g/mol. The molecule has 8 heteroatoms.